The van der Waals surface area contributed by atoms with Crippen molar-refractivity contribution in [1.29, 1.82) is 0 Å². The van der Waals surface area contributed by atoms with Gasteiger partial charge in [-0.3, -0.25) is 14.3 Å². The van der Waals surface area contributed by atoms with Crippen LogP contribution in [0, 0.1) is 6.92 Å². The zero-order chi connectivity index (χ0) is 18.1. The van der Waals surface area contributed by atoms with Crippen LogP contribution in [0.25, 0.3) is 0 Å². The fourth-order valence-corrected chi connectivity index (χ4v) is 3.75. The maximum Gasteiger partial charge on any atom is 0.274 e. The van der Waals surface area contributed by atoms with Crippen LogP contribution in [-0.4, -0.2) is 51.0 Å². The molecule has 136 valence electrons. The Morgan fingerprint density at radius 2 is 1.81 bits per heavy atom. The first-order chi connectivity index (χ1) is 12.6. The van der Waals surface area contributed by atoms with Gasteiger partial charge >= 0.3 is 0 Å². The summed E-state index contributed by atoms with van der Waals surface area (Å²) in [5.41, 5.74) is 3.66. The molecule has 2 aromatic rings. The van der Waals surface area contributed by atoms with Crippen molar-refractivity contribution >= 4 is 11.8 Å². The number of likely N-dealkylation sites (tertiary alicyclic amines) is 1. The number of amides is 2. The third-order valence-corrected chi connectivity index (χ3v) is 5.37. The van der Waals surface area contributed by atoms with E-state index in [1.807, 2.05) is 51.7 Å². The van der Waals surface area contributed by atoms with Gasteiger partial charge in [-0.05, 0) is 37.0 Å². The van der Waals surface area contributed by atoms with E-state index in [-0.39, 0.29) is 11.8 Å². The number of hydrogen-bond acceptors (Lipinski definition) is 3. The number of nitrogens with zero attached hydrogens (tertiary/aromatic N) is 4. The number of fused-ring (bicyclic) bond motifs is 1. The maximum atomic E-state index is 12.7. The molecule has 0 radical (unpaired) electrons. The van der Waals surface area contributed by atoms with Crippen molar-refractivity contribution in [3.63, 3.8) is 0 Å². The molecular weight excluding hydrogens is 328 g/mol. The predicted molar refractivity (Wildman–Crippen MR) is 97.7 cm³/mol. The number of aromatic nitrogens is 2. The topological polar surface area (TPSA) is 58.4 Å². The van der Waals surface area contributed by atoms with E-state index < -0.39 is 0 Å². The molecule has 0 saturated carbocycles. The monoisotopic (exact) mass is 352 g/mol. The predicted octanol–water partition coefficient (Wildman–Crippen LogP) is 2.01. The van der Waals surface area contributed by atoms with E-state index in [1.165, 1.54) is 0 Å². The first-order valence-electron chi connectivity index (χ1n) is 9.30. The van der Waals surface area contributed by atoms with Crippen LogP contribution in [0.2, 0.25) is 0 Å². The molecule has 2 aliphatic rings. The Bertz CT molecular complexity index is 836. The van der Waals surface area contributed by atoms with E-state index in [0.29, 0.717) is 31.7 Å². The second kappa shape index (κ2) is 6.94. The molecule has 26 heavy (non-hydrogen) atoms. The molecular formula is C20H24N4O2. The van der Waals surface area contributed by atoms with Crippen LogP contribution in [0.1, 0.15) is 40.2 Å². The largest absolute Gasteiger partial charge is 0.337 e. The third-order valence-electron chi connectivity index (χ3n) is 5.37. The first kappa shape index (κ1) is 16.8. The maximum absolute atomic E-state index is 12.7. The van der Waals surface area contributed by atoms with Crippen LogP contribution in [0.5, 0.6) is 0 Å². The molecule has 0 aliphatic carbocycles. The summed E-state index contributed by atoms with van der Waals surface area (Å²) in [6.07, 6.45) is 2.56. The molecule has 0 N–H and O–H groups in total. The van der Waals surface area contributed by atoms with Gasteiger partial charge in [0, 0.05) is 19.6 Å². The molecule has 3 heterocycles. The summed E-state index contributed by atoms with van der Waals surface area (Å²) in [4.78, 5) is 29.0. The number of carbonyl (C=O) groups excluding carboxylic acids is 2. The minimum atomic E-state index is 0.0159. The highest BCUT2D eigenvalue weighted by atomic mass is 16.2. The Labute approximate surface area is 153 Å². The van der Waals surface area contributed by atoms with E-state index >= 15 is 0 Å². The second-order valence-corrected chi connectivity index (χ2v) is 7.16. The lowest BCUT2D eigenvalue weighted by Gasteiger charge is -2.28. The molecule has 4 rings (SSSR count). The number of hydrogen-bond donors (Lipinski definition) is 0. The Morgan fingerprint density at radius 3 is 2.58 bits per heavy atom. The van der Waals surface area contributed by atoms with E-state index in [1.54, 1.807) is 0 Å². The molecule has 0 atom stereocenters. The standard InChI is InChI=1S/C20H24N4O2/c1-15-6-2-3-7-16(15)12-19(25)23-10-11-24-17(14-23)13-18(21-24)20(26)22-8-4-5-9-22/h2-3,6-7,13H,4-5,8-12,14H2,1H3. The average molecular weight is 352 g/mol. The van der Waals surface area contributed by atoms with Gasteiger partial charge in [0.2, 0.25) is 5.91 Å². The van der Waals surface area contributed by atoms with Gasteiger partial charge in [0.25, 0.3) is 5.91 Å². The smallest absolute Gasteiger partial charge is 0.274 e. The average Bonchev–Trinajstić information content (AvgIpc) is 3.32. The van der Waals surface area contributed by atoms with Gasteiger partial charge in [-0.1, -0.05) is 24.3 Å². The Kier molecular flexibility index (Phi) is 4.49. The molecule has 0 bridgehead atoms. The van der Waals surface area contributed by atoms with Crippen LogP contribution in [-0.2, 0) is 24.3 Å². The fourth-order valence-electron chi connectivity index (χ4n) is 3.75. The highest BCUT2D eigenvalue weighted by Crippen LogP contribution is 2.18. The highest BCUT2D eigenvalue weighted by molar-refractivity contribution is 5.92. The highest BCUT2D eigenvalue weighted by Gasteiger charge is 2.27. The summed E-state index contributed by atoms with van der Waals surface area (Å²) in [5.74, 6) is 0.140. The number of aryl methyl sites for hydroxylation is 1. The van der Waals surface area contributed by atoms with E-state index in [2.05, 4.69) is 5.10 Å². The van der Waals surface area contributed by atoms with E-state index in [4.69, 9.17) is 0 Å². The molecule has 0 unspecified atom stereocenters. The van der Waals surface area contributed by atoms with Gasteiger partial charge in [-0.15, -0.1) is 0 Å². The summed E-state index contributed by atoms with van der Waals surface area (Å²) >= 11 is 0. The van der Waals surface area contributed by atoms with E-state index in [9.17, 15) is 9.59 Å². The minimum absolute atomic E-state index is 0.0159. The second-order valence-electron chi connectivity index (χ2n) is 7.16. The van der Waals surface area contributed by atoms with Gasteiger partial charge in [0.05, 0.1) is 25.2 Å². The van der Waals surface area contributed by atoms with Crippen molar-refractivity contribution in [2.24, 2.45) is 0 Å². The lowest BCUT2D eigenvalue weighted by Crippen LogP contribution is -2.39. The number of benzene rings is 1. The van der Waals surface area contributed by atoms with Crippen LogP contribution in [0.15, 0.2) is 30.3 Å². The summed E-state index contributed by atoms with van der Waals surface area (Å²) in [6.45, 7) is 5.47. The molecule has 6 nitrogen and oxygen atoms in total. The van der Waals surface area contributed by atoms with Crippen LogP contribution < -0.4 is 0 Å². The normalized spacial score (nSPS) is 16.7. The third kappa shape index (κ3) is 3.23. The molecule has 0 spiro atoms. The molecule has 1 aromatic carbocycles. The van der Waals surface area contributed by atoms with Crippen molar-refractivity contribution < 1.29 is 9.59 Å². The quantitative estimate of drug-likeness (QED) is 0.849. The van der Waals surface area contributed by atoms with Gasteiger partial charge < -0.3 is 9.80 Å². The minimum Gasteiger partial charge on any atom is -0.337 e. The summed E-state index contributed by atoms with van der Waals surface area (Å²) in [5, 5.41) is 4.47. The van der Waals surface area contributed by atoms with Crippen LogP contribution >= 0.6 is 0 Å². The van der Waals surface area contributed by atoms with Crippen molar-refractivity contribution in [3.05, 3.63) is 52.8 Å². The van der Waals surface area contributed by atoms with Gasteiger partial charge in [0.15, 0.2) is 5.69 Å². The molecule has 1 aromatic heterocycles. The summed E-state index contributed by atoms with van der Waals surface area (Å²) in [7, 11) is 0. The zero-order valence-electron chi connectivity index (χ0n) is 15.1. The van der Waals surface area contributed by atoms with Crippen molar-refractivity contribution in [2.75, 3.05) is 19.6 Å². The van der Waals surface area contributed by atoms with E-state index in [0.717, 1.165) is 42.8 Å². The Hall–Kier alpha value is -2.63. The Balaban J connectivity index is 1.45. The van der Waals surface area contributed by atoms with Crippen LogP contribution in [0.3, 0.4) is 0 Å². The number of carbonyl (C=O) groups is 2. The molecule has 6 heteroatoms. The molecule has 2 aliphatic heterocycles. The van der Waals surface area contributed by atoms with Crippen molar-refractivity contribution in [2.45, 2.75) is 39.3 Å². The molecule has 2 amide bonds. The van der Waals surface area contributed by atoms with Gasteiger partial charge in [0.1, 0.15) is 0 Å². The summed E-state index contributed by atoms with van der Waals surface area (Å²) in [6, 6.07) is 9.85. The Morgan fingerprint density at radius 1 is 1.04 bits per heavy atom. The fraction of sp³-hybridized carbons (Fsp3) is 0.450. The van der Waals surface area contributed by atoms with Gasteiger partial charge in [-0.25, -0.2) is 0 Å². The zero-order valence-corrected chi connectivity index (χ0v) is 15.1. The first-order valence-corrected chi connectivity index (χ1v) is 9.30. The molecule has 1 fully saturated rings. The molecule has 1 saturated heterocycles. The van der Waals surface area contributed by atoms with Crippen molar-refractivity contribution in [1.82, 2.24) is 19.6 Å². The number of rotatable bonds is 3. The van der Waals surface area contributed by atoms with Crippen molar-refractivity contribution in [3.8, 4) is 0 Å². The summed E-state index contributed by atoms with van der Waals surface area (Å²) < 4.78 is 1.88. The SMILES string of the molecule is Cc1ccccc1CC(=O)N1CCn2nc(C(=O)N3CCCC3)cc2C1. The lowest BCUT2D eigenvalue weighted by molar-refractivity contribution is -0.132. The van der Waals surface area contributed by atoms with Gasteiger partial charge in [-0.2, -0.15) is 5.10 Å². The lowest BCUT2D eigenvalue weighted by atomic mass is 10.1. The van der Waals surface area contributed by atoms with Crippen LogP contribution in [0.4, 0.5) is 0 Å².